The summed E-state index contributed by atoms with van der Waals surface area (Å²) in [4.78, 5) is 2.39. The van der Waals surface area contributed by atoms with Gasteiger partial charge in [0.1, 0.15) is 11.2 Å². The van der Waals surface area contributed by atoms with Crippen molar-refractivity contribution < 1.29 is 4.42 Å². The maximum Gasteiger partial charge on any atom is 0.143 e. The highest BCUT2D eigenvalue weighted by Gasteiger charge is 2.21. The summed E-state index contributed by atoms with van der Waals surface area (Å²) in [7, 11) is 0. The van der Waals surface area contributed by atoms with Crippen molar-refractivity contribution in [2.45, 2.75) is 0 Å². The molecule has 0 bridgehead atoms. The van der Waals surface area contributed by atoms with Crippen LogP contribution >= 0.6 is 11.3 Å². The Morgan fingerprint density at radius 3 is 2.07 bits per heavy atom. The van der Waals surface area contributed by atoms with Crippen molar-refractivity contribution in [3.8, 4) is 11.1 Å². The third kappa shape index (κ3) is 3.79. The first-order chi connectivity index (χ1) is 21.3. The smallest absolute Gasteiger partial charge is 0.143 e. The fourth-order valence-corrected chi connectivity index (χ4v) is 7.66. The summed E-state index contributed by atoms with van der Waals surface area (Å²) < 4.78 is 9.28. The molecular weight excluding hydrogens is 543 g/mol. The molecule has 0 saturated carbocycles. The second-order valence-corrected chi connectivity index (χ2v) is 12.0. The van der Waals surface area contributed by atoms with Gasteiger partial charge in [0.15, 0.2) is 0 Å². The average molecular weight is 568 g/mol. The molecule has 0 unspecified atom stereocenters. The van der Waals surface area contributed by atoms with E-state index in [1.807, 2.05) is 11.3 Å². The minimum Gasteiger partial charge on any atom is -0.455 e. The molecule has 0 radical (unpaired) electrons. The molecule has 9 rings (SSSR count). The van der Waals surface area contributed by atoms with E-state index < -0.39 is 0 Å². The van der Waals surface area contributed by atoms with E-state index in [-0.39, 0.29) is 0 Å². The fourth-order valence-electron chi connectivity index (χ4n) is 6.53. The second-order valence-electron chi connectivity index (χ2n) is 10.9. The molecule has 202 valence electrons. The highest BCUT2D eigenvalue weighted by atomic mass is 32.1. The van der Waals surface area contributed by atoms with Gasteiger partial charge < -0.3 is 9.32 Å². The van der Waals surface area contributed by atoms with Gasteiger partial charge in [0.2, 0.25) is 0 Å². The van der Waals surface area contributed by atoms with Gasteiger partial charge in [-0.25, -0.2) is 0 Å². The van der Waals surface area contributed by atoms with Crippen LogP contribution in [0.3, 0.4) is 0 Å². The Balaban J connectivity index is 1.36. The van der Waals surface area contributed by atoms with Crippen molar-refractivity contribution in [2.24, 2.45) is 0 Å². The molecule has 0 fully saturated rings. The van der Waals surface area contributed by atoms with Crippen LogP contribution < -0.4 is 4.90 Å². The first kappa shape index (κ1) is 24.2. The predicted octanol–water partition coefficient (Wildman–Crippen LogP) is 12.2. The summed E-state index contributed by atoms with van der Waals surface area (Å²) in [6, 6.07) is 54.1. The molecule has 2 heterocycles. The van der Waals surface area contributed by atoms with Gasteiger partial charge >= 0.3 is 0 Å². The molecule has 0 aliphatic carbocycles. The van der Waals surface area contributed by atoms with E-state index in [4.69, 9.17) is 4.42 Å². The summed E-state index contributed by atoms with van der Waals surface area (Å²) in [6.45, 7) is 0. The number of hydrogen-bond donors (Lipinski definition) is 0. The van der Waals surface area contributed by atoms with Crippen molar-refractivity contribution >= 4 is 81.3 Å². The molecule has 43 heavy (non-hydrogen) atoms. The van der Waals surface area contributed by atoms with E-state index in [0.717, 1.165) is 44.4 Å². The number of anilines is 3. The lowest BCUT2D eigenvalue weighted by atomic mass is 9.96. The molecule has 2 aromatic heterocycles. The van der Waals surface area contributed by atoms with Gasteiger partial charge in [-0.15, -0.1) is 11.3 Å². The summed E-state index contributed by atoms with van der Waals surface area (Å²) in [6.07, 6.45) is 0. The fraction of sp³-hybridized carbons (Fsp3) is 0. The molecule has 7 aromatic carbocycles. The molecule has 2 nitrogen and oxygen atoms in total. The van der Waals surface area contributed by atoms with Gasteiger partial charge in [-0.05, 0) is 70.9 Å². The maximum absolute atomic E-state index is 6.69. The molecule has 3 heteroatoms. The van der Waals surface area contributed by atoms with Crippen molar-refractivity contribution in [3.05, 3.63) is 152 Å². The molecule has 0 aliphatic rings. The first-order valence-electron chi connectivity index (χ1n) is 14.5. The Labute approximate surface area is 252 Å². The highest BCUT2D eigenvalue weighted by molar-refractivity contribution is 7.26. The molecule has 0 amide bonds. The lowest BCUT2D eigenvalue weighted by Crippen LogP contribution is -2.10. The minimum absolute atomic E-state index is 0.888. The summed E-state index contributed by atoms with van der Waals surface area (Å²) in [5, 5.41) is 7.24. The van der Waals surface area contributed by atoms with Crippen LogP contribution in [-0.2, 0) is 0 Å². The zero-order valence-corrected chi connectivity index (χ0v) is 24.0. The maximum atomic E-state index is 6.69. The van der Waals surface area contributed by atoms with Crippen LogP contribution in [0, 0.1) is 0 Å². The van der Waals surface area contributed by atoms with Crippen LogP contribution in [-0.4, -0.2) is 0 Å². The Hall–Kier alpha value is -5.38. The summed E-state index contributed by atoms with van der Waals surface area (Å²) in [5.41, 5.74) is 7.46. The van der Waals surface area contributed by atoms with Crippen molar-refractivity contribution in [1.29, 1.82) is 0 Å². The predicted molar refractivity (Wildman–Crippen MR) is 184 cm³/mol. The third-order valence-corrected chi connectivity index (χ3v) is 9.56. The SMILES string of the molecule is c1ccc(-c2cc3ccccc3c3c2oc2ccc(N(c4ccccc4)c4cccc5sc6ccccc6c45)cc23)cc1. The third-order valence-electron chi connectivity index (χ3n) is 8.42. The molecule has 0 N–H and O–H groups in total. The number of para-hydroxylation sites is 1. The molecule has 0 saturated heterocycles. The molecule has 9 aromatic rings. The number of furan rings is 1. The number of fused-ring (bicyclic) bond motifs is 8. The van der Waals surface area contributed by atoms with E-state index in [0.29, 0.717) is 0 Å². The normalized spacial score (nSPS) is 11.7. The number of nitrogens with zero attached hydrogens (tertiary/aromatic N) is 1. The van der Waals surface area contributed by atoms with Gasteiger partial charge in [0.25, 0.3) is 0 Å². The van der Waals surface area contributed by atoms with Gasteiger partial charge in [-0.2, -0.15) is 0 Å². The first-order valence-corrected chi connectivity index (χ1v) is 15.3. The van der Waals surface area contributed by atoms with Crippen LogP contribution in [0.15, 0.2) is 156 Å². The minimum atomic E-state index is 0.888. The largest absolute Gasteiger partial charge is 0.455 e. The number of hydrogen-bond acceptors (Lipinski definition) is 3. The summed E-state index contributed by atoms with van der Waals surface area (Å²) >= 11 is 1.85. The zero-order valence-electron chi connectivity index (χ0n) is 23.2. The molecular formula is C40H25NOS. The molecule has 0 aliphatic heterocycles. The Kier molecular flexibility index (Phi) is 5.40. The average Bonchev–Trinajstić information content (AvgIpc) is 3.65. The number of benzene rings is 7. The molecule has 0 atom stereocenters. The number of thiophene rings is 1. The second kappa shape index (κ2) is 9.59. The highest BCUT2D eigenvalue weighted by Crippen LogP contribution is 2.47. The number of rotatable bonds is 4. The van der Waals surface area contributed by atoms with E-state index in [9.17, 15) is 0 Å². The van der Waals surface area contributed by atoms with Crippen LogP contribution in [0.5, 0.6) is 0 Å². The lowest BCUT2D eigenvalue weighted by Gasteiger charge is -2.26. The van der Waals surface area contributed by atoms with E-state index in [1.165, 1.54) is 36.6 Å². The van der Waals surface area contributed by atoms with E-state index in [2.05, 4.69) is 157 Å². The Morgan fingerprint density at radius 2 is 1.21 bits per heavy atom. The van der Waals surface area contributed by atoms with Gasteiger partial charge in [-0.3, -0.25) is 0 Å². The van der Waals surface area contributed by atoms with Gasteiger partial charge in [0.05, 0.1) is 5.69 Å². The van der Waals surface area contributed by atoms with Crippen molar-refractivity contribution in [1.82, 2.24) is 0 Å². The van der Waals surface area contributed by atoms with Crippen LogP contribution in [0.2, 0.25) is 0 Å². The van der Waals surface area contributed by atoms with Gasteiger partial charge in [0, 0.05) is 47.9 Å². The van der Waals surface area contributed by atoms with Gasteiger partial charge in [-0.1, -0.05) is 97.1 Å². The van der Waals surface area contributed by atoms with Crippen LogP contribution in [0.25, 0.3) is 64.0 Å². The zero-order chi connectivity index (χ0) is 28.3. The Bertz CT molecular complexity index is 2460. The van der Waals surface area contributed by atoms with E-state index in [1.54, 1.807) is 0 Å². The lowest BCUT2D eigenvalue weighted by molar-refractivity contribution is 0.670. The van der Waals surface area contributed by atoms with E-state index >= 15 is 0 Å². The topological polar surface area (TPSA) is 16.4 Å². The van der Waals surface area contributed by atoms with Crippen molar-refractivity contribution in [2.75, 3.05) is 4.90 Å². The van der Waals surface area contributed by atoms with Crippen LogP contribution in [0.1, 0.15) is 0 Å². The quantitative estimate of drug-likeness (QED) is 0.210. The van der Waals surface area contributed by atoms with Crippen molar-refractivity contribution in [3.63, 3.8) is 0 Å². The van der Waals surface area contributed by atoms with Crippen LogP contribution in [0.4, 0.5) is 17.1 Å². The summed E-state index contributed by atoms with van der Waals surface area (Å²) in [5.74, 6) is 0. The monoisotopic (exact) mass is 567 g/mol. The molecule has 0 spiro atoms. The Morgan fingerprint density at radius 1 is 0.488 bits per heavy atom. The standard InChI is InChI=1S/C40H25NOS/c1-3-12-26(13-4-1)32-24-27-14-7-8-17-30(27)38-33-25-29(22-23-35(33)42-40(32)38)41(28-15-5-2-6-16-28)34-19-11-21-37-39(34)31-18-9-10-20-36(31)43-37/h1-25H.